The Morgan fingerprint density at radius 2 is 1.77 bits per heavy atom. The summed E-state index contributed by atoms with van der Waals surface area (Å²) in [6.45, 7) is 2.75. The molecule has 7 nitrogen and oxygen atoms in total. The van der Waals surface area contributed by atoms with Crippen LogP contribution in [0.2, 0.25) is 0 Å². The van der Waals surface area contributed by atoms with Gasteiger partial charge < -0.3 is 4.57 Å². The van der Waals surface area contributed by atoms with Gasteiger partial charge in [-0.25, -0.2) is 13.4 Å². The van der Waals surface area contributed by atoms with Gasteiger partial charge in [0.05, 0.1) is 5.52 Å². The number of nitrogens with zero attached hydrogens (tertiary/aromatic N) is 4. The largest absolute Gasteiger partial charge is 0.337 e. The molecular weight excluding hydrogens is 410 g/mol. The molecule has 160 valence electrons. The minimum atomic E-state index is -3.57. The number of piperidine rings is 1. The van der Waals surface area contributed by atoms with Crippen molar-refractivity contribution in [2.24, 2.45) is 7.05 Å². The summed E-state index contributed by atoms with van der Waals surface area (Å²) in [5, 5.41) is 8.96. The number of hydrogen-bond acceptors (Lipinski definition) is 4. The third-order valence-electron chi connectivity index (χ3n) is 6.24. The molecule has 3 heterocycles. The molecule has 5 rings (SSSR count). The van der Waals surface area contributed by atoms with Crippen LogP contribution in [0.5, 0.6) is 0 Å². The molecule has 1 N–H and O–H groups in total. The first-order valence-electron chi connectivity index (χ1n) is 10.5. The van der Waals surface area contributed by atoms with E-state index in [1.165, 1.54) is 5.56 Å². The maximum absolute atomic E-state index is 13.0. The zero-order valence-electron chi connectivity index (χ0n) is 17.6. The molecule has 4 aromatic rings. The fourth-order valence-electron chi connectivity index (χ4n) is 4.32. The van der Waals surface area contributed by atoms with Gasteiger partial charge in [0.2, 0.25) is 0 Å². The average molecular weight is 436 g/mol. The number of aromatic amines is 1. The topological polar surface area (TPSA) is 83.9 Å². The van der Waals surface area contributed by atoms with E-state index in [0.717, 1.165) is 35.0 Å². The average Bonchev–Trinajstić information content (AvgIpc) is 3.37. The molecule has 8 heteroatoms. The van der Waals surface area contributed by atoms with Crippen molar-refractivity contribution < 1.29 is 8.42 Å². The summed E-state index contributed by atoms with van der Waals surface area (Å²) in [5.41, 5.74) is 4.36. The third-order valence-corrected chi connectivity index (χ3v) is 8.01. The highest BCUT2D eigenvalue weighted by molar-refractivity contribution is 7.89. The summed E-state index contributed by atoms with van der Waals surface area (Å²) in [5.74, 6) is 0.930. The van der Waals surface area contributed by atoms with Crippen molar-refractivity contribution in [3.8, 4) is 11.1 Å². The smallest absolute Gasteiger partial charge is 0.262 e. The molecule has 1 saturated heterocycles. The SMILES string of the molecule is Cc1nc(S(=O)(=O)N2CCC(c3[nH]nc4ccc(-c5ccccc5)cc34)CC2)cn1C. The van der Waals surface area contributed by atoms with E-state index in [9.17, 15) is 8.42 Å². The molecule has 1 fully saturated rings. The lowest BCUT2D eigenvalue weighted by Crippen LogP contribution is -2.38. The minimum Gasteiger partial charge on any atom is -0.337 e. The highest BCUT2D eigenvalue weighted by Crippen LogP contribution is 2.35. The maximum Gasteiger partial charge on any atom is 0.262 e. The van der Waals surface area contributed by atoms with E-state index < -0.39 is 10.0 Å². The van der Waals surface area contributed by atoms with Crippen LogP contribution in [-0.4, -0.2) is 45.6 Å². The van der Waals surface area contributed by atoms with Gasteiger partial charge in [0.1, 0.15) is 5.82 Å². The predicted octanol–water partition coefficient (Wildman–Crippen LogP) is 3.84. The summed E-state index contributed by atoms with van der Waals surface area (Å²) in [6, 6.07) is 16.6. The fourth-order valence-corrected chi connectivity index (χ4v) is 5.81. The van der Waals surface area contributed by atoms with Crippen molar-refractivity contribution in [3.63, 3.8) is 0 Å². The number of rotatable bonds is 4. The van der Waals surface area contributed by atoms with Crippen molar-refractivity contribution in [1.82, 2.24) is 24.1 Å². The molecule has 31 heavy (non-hydrogen) atoms. The van der Waals surface area contributed by atoms with E-state index in [1.54, 1.807) is 29.0 Å². The molecule has 0 amide bonds. The molecule has 0 unspecified atom stereocenters. The lowest BCUT2D eigenvalue weighted by molar-refractivity contribution is 0.316. The minimum absolute atomic E-state index is 0.130. The van der Waals surface area contributed by atoms with Gasteiger partial charge in [-0.15, -0.1) is 0 Å². The van der Waals surface area contributed by atoms with Gasteiger partial charge in [0.15, 0.2) is 5.03 Å². The van der Waals surface area contributed by atoms with Gasteiger partial charge >= 0.3 is 0 Å². The Bertz CT molecular complexity index is 1310. The number of nitrogens with one attached hydrogen (secondary N) is 1. The van der Waals surface area contributed by atoms with Crippen LogP contribution in [0.4, 0.5) is 0 Å². The molecular formula is C23H25N5O2S. The van der Waals surface area contributed by atoms with Gasteiger partial charge in [-0.1, -0.05) is 36.4 Å². The zero-order chi connectivity index (χ0) is 21.6. The number of sulfonamides is 1. The highest BCUT2D eigenvalue weighted by atomic mass is 32.2. The molecule has 0 spiro atoms. The quantitative estimate of drug-likeness (QED) is 0.528. The number of imidazole rings is 1. The van der Waals surface area contributed by atoms with Crippen LogP contribution < -0.4 is 0 Å². The molecule has 1 aliphatic heterocycles. The van der Waals surface area contributed by atoms with Gasteiger partial charge in [-0.05, 0) is 43.0 Å². The van der Waals surface area contributed by atoms with E-state index in [4.69, 9.17) is 0 Å². The summed E-state index contributed by atoms with van der Waals surface area (Å²) < 4.78 is 29.3. The van der Waals surface area contributed by atoms with Gasteiger partial charge in [0.25, 0.3) is 10.0 Å². The Labute approximate surface area is 181 Å². The molecule has 1 aliphatic rings. The first-order valence-corrected chi connectivity index (χ1v) is 11.9. The number of fused-ring (bicyclic) bond motifs is 1. The molecule has 0 saturated carbocycles. The van der Waals surface area contributed by atoms with Crippen molar-refractivity contribution in [1.29, 1.82) is 0 Å². The van der Waals surface area contributed by atoms with Gasteiger partial charge in [0, 0.05) is 43.3 Å². The van der Waals surface area contributed by atoms with Crippen LogP contribution in [0.15, 0.2) is 59.8 Å². The summed E-state index contributed by atoms with van der Waals surface area (Å²) in [4.78, 5) is 4.22. The number of hydrogen-bond donors (Lipinski definition) is 1. The summed E-state index contributed by atoms with van der Waals surface area (Å²) in [7, 11) is -1.76. The number of aromatic nitrogens is 4. The van der Waals surface area contributed by atoms with E-state index in [0.29, 0.717) is 18.9 Å². The molecule has 2 aromatic heterocycles. The van der Waals surface area contributed by atoms with Gasteiger partial charge in [-0.3, -0.25) is 5.10 Å². The maximum atomic E-state index is 13.0. The first kappa shape index (κ1) is 20.0. The van der Waals surface area contributed by atoms with Crippen molar-refractivity contribution >= 4 is 20.9 Å². The second-order valence-electron chi connectivity index (χ2n) is 8.15. The molecule has 0 bridgehead atoms. The third kappa shape index (κ3) is 3.55. The van der Waals surface area contributed by atoms with Gasteiger partial charge in [-0.2, -0.15) is 9.40 Å². The second-order valence-corrected chi connectivity index (χ2v) is 10.0. The lowest BCUT2D eigenvalue weighted by Gasteiger charge is -2.30. The van der Waals surface area contributed by atoms with E-state index in [1.807, 2.05) is 24.3 Å². The Balaban J connectivity index is 1.38. The van der Waals surface area contributed by atoms with E-state index in [-0.39, 0.29) is 10.9 Å². The Morgan fingerprint density at radius 3 is 2.45 bits per heavy atom. The van der Waals surface area contributed by atoms with E-state index in [2.05, 4.69) is 39.4 Å². The lowest BCUT2D eigenvalue weighted by atomic mass is 9.91. The van der Waals surface area contributed by atoms with Crippen LogP contribution in [0.3, 0.4) is 0 Å². The van der Waals surface area contributed by atoms with Crippen LogP contribution in [0, 0.1) is 6.92 Å². The molecule has 2 aromatic carbocycles. The Kier molecular flexibility index (Phi) is 4.91. The molecule has 0 radical (unpaired) electrons. The number of benzene rings is 2. The number of aryl methyl sites for hydroxylation is 2. The van der Waals surface area contributed by atoms with E-state index >= 15 is 0 Å². The molecule has 0 aliphatic carbocycles. The second kappa shape index (κ2) is 7.62. The predicted molar refractivity (Wildman–Crippen MR) is 120 cm³/mol. The zero-order valence-corrected chi connectivity index (χ0v) is 18.4. The summed E-state index contributed by atoms with van der Waals surface area (Å²) >= 11 is 0. The van der Waals surface area contributed by atoms with Crippen molar-refractivity contribution in [2.45, 2.75) is 30.7 Å². The highest BCUT2D eigenvalue weighted by Gasteiger charge is 2.32. The van der Waals surface area contributed by atoms with Crippen molar-refractivity contribution in [3.05, 3.63) is 66.2 Å². The number of H-pyrrole nitrogens is 1. The normalized spacial score (nSPS) is 16.2. The Morgan fingerprint density at radius 1 is 1.03 bits per heavy atom. The monoisotopic (exact) mass is 435 g/mol. The standard InChI is InChI=1S/C23H25N5O2S/c1-16-24-22(15-27(16)2)31(29,30)28-12-10-18(11-13-28)23-20-14-19(8-9-21(20)25-26-23)17-6-4-3-5-7-17/h3-9,14-15,18H,10-13H2,1-2H3,(H,25,26). The van der Waals surface area contributed by atoms with Crippen molar-refractivity contribution in [2.75, 3.05) is 13.1 Å². The fraction of sp³-hybridized carbons (Fsp3) is 0.304. The Hall–Kier alpha value is -2.97. The first-order chi connectivity index (χ1) is 14.9. The molecule has 0 atom stereocenters. The van der Waals surface area contributed by atoms with Crippen LogP contribution in [-0.2, 0) is 17.1 Å². The van der Waals surface area contributed by atoms with Crippen LogP contribution >= 0.6 is 0 Å². The summed E-state index contributed by atoms with van der Waals surface area (Å²) in [6.07, 6.45) is 3.08. The van der Waals surface area contributed by atoms with Crippen LogP contribution in [0.1, 0.15) is 30.3 Å². The van der Waals surface area contributed by atoms with Crippen LogP contribution in [0.25, 0.3) is 22.0 Å².